The first kappa shape index (κ1) is 90.4. The summed E-state index contributed by atoms with van der Waals surface area (Å²) in [5.74, 6) is 3.95. The zero-order valence-corrected chi connectivity index (χ0v) is 77.1. The minimum atomic E-state index is -0.943. The second kappa shape index (κ2) is 36.3. The molecule has 12 aliphatic carbocycles. The van der Waals surface area contributed by atoms with Gasteiger partial charge in [-0.2, -0.15) is 0 Å². The fourth-order valence-corrected chi connectivity index (χ4v) is 23.4. The Balaban J connectivity index is 0.000000144. The van der Waals surface area contributed by atoms with Crippen LogP contribution in [-0.4, -0.2) is 163 Å². The van der Waals surface area contributed by atoms with E-state index >= 15 is 0 Å². The molecule has 0 bridgehead atoms. The van der Waals surface area contributed by atoms with Crippen molar-refractivity contribution in [1.82, 2.24) is 36.0 Å². The van der Waals surface area contributed by atoms with Crippen LogP contribution in [0.2, 0.25) is 0 Å². The van der Waals surface area contributed by atoms with Crippen molar-refractivity contribution in [3.63, 3.8) is 0 Å². The van der Waals surface area contributed by atoms with E-state index in [0.717, 1.165) is 233 Å². The van der Waals surface area contributed by atoms with Crippen molar-refractivity contribution in [2.24, 2.45) is 38.3 Å². The molecule has 1 radical (unpaired) electrons. The summed E-state index contributed by atoms with van der Waals surface area (Å²) in [6, 6.07) is 25.0. The molecule has 4 atom stereocenters. The Kier molecular flexibility index (Phi) is 28.5. The van der Waals surface area contributed by atoms with Crippen molar-refractivity contribution in [1.29, 1.82) is 0 Å². The molecule has 4 unspecified atom stereocenters. The van der Waals surface area contributed by atoms with Crippen LogP contribution in [0, 0.1) is 21.7 Å². The molecule has 115 heavy (non-hydrogen) atoms. The van der Waals surface area contributed by atoms with E-state index in [4.69, 9.17) is 62.2 Å². The standard InChI is InChI=1S/C20H24BrN3O2.C20H23BrN2O3.C20H23BrN2O2S.C17H19BrN2O3.C3H6BO2.CH2O3.H3NO.2Na.H/c1-26-15-6-8-19(9-7-15)11-12-2-3-13(21)10-16(12)20(19)17(25)24(14-4-5-14)18(22)23-20;1-26-15-6-8-19(9-7-15)11-12-2-3-13(21)10-16(12)20(19)17(24)23(14-4-5-14)18(25)22-20;1-25-15-6-8-19(9-7-15)11-12-2-3-13(21)10-16(12)20(19)17(24)23(14-4-5-14)18(26)22-20;1-23-12-4-6-16(7-5-12)9-10-2-3-11(18)8-13(10)17(16)14(21)19-15(22)20-17;5-4-6-3-1-2-3;2-1-4-3;1-2;;;/h2-3,10,14-15H,4-9,11H2,1H3,(H2,22,23);2-3,10,14-15H,4-9,11H2,1H3,(H,22,25);2-3,10,14-15H,4-9,11H2,1H3,(H,22,26);2-3,8,12H,4-7,9H2,1H3,(H2,19,20,21,22);3,5H,1-2H2;1,3H;2H,1H2;;;/q;;;;;;;2*+1;-1/p-1. The number of urea groups is 2. The maximum absolute atomic E-state index is 13.8. The number of ether oxygens (including phenoxy) is 4. The van der Waals surface area contributed by atoms with Gasteiger partial charge in [0.1, 0.15) is 0 Å². The van der Waals surface area contributed by atoms with Crippen molar-refractivity contribution in [2.45, 2.75) is 251 Å². The van der Waals surface area contributed by atoms with Crippen LogP contribution in [0.1, 0.15) is 200 Å². The third-order valence-corrected chi connectivity index (χ3v) is 29.9. The summed E-state index contributed by atoms with van der Waals surface area (Å²) in [5, 5.41) is 35.7. The number of amides is 8. The summed E-state index contributed by atoms with van der Waals surface area (Å²) in [6.45, 7) is -0.181. The summed E-state index contributed by atoms with van der Waals surface area (Å²) in [4.78, 5) is 100. The van der Waals surface area contributed by atoms with Gasteiger partial charge in [-0.1, -0.05) is 88.0 Å². The molecule has 4 heterocycles. The first-order valence-corrected chi connectivity index (χ1v) is 43.0. The third-order valence-electron chi connectivity index (χ3n) is 27.6. The first-order valence-electron chi connectivity index (χ1n) is 39.4. The van der Waals surface area contributed by atoms with Gasteiger partial charge in [0.25, 0.3) is 30.1 Å². The Morgan fingerprint density at radius 2 is 0.835 bits per heavy atom. The molecule has 34 heteroatoms. The maximum atomic E-state index is 13.8. The van der Waals surface area contributed by atoms with Crippen LogP contribution >= 0.6 is 75.9 Å². The second-order valence-corrected chi connectivity index (χ2v) is 37.4. The van der Waals surface area contributed by atoms with Gasteiger partial charge in [-0.25, -0.2) is 20.5 Å². The average molecular weight is 1880 g/mol. The number of carbonyl (C=O) groups excluding carboxylic acids is 7. The van der Waals surface area contributed by atoms with Gasteiger partial charge in [-0.3, -0.25) is 44.0 Å². The maximum Gasteiger partial charge on any atom is 1.00 e. The van der Waals surface area contributed by atoms with Gasteiger partial charge in [-0.15, -0.1) is 0 Å². The topological polar surface area (TPSA) is 361 Å². The molecule has 8 amide bonds. The van der Waals surface area contributed by atoms with Gasteiger partial charge < -0.3 is 67.1 Å². The van der Waals surface area contributed by atoms with Crippen molar-refractivity contribution in [3.05, 3.63) is 135 Å². The first-order chi connectivity index (χ1) is 54.4. The van der Waals surface area contributed by atoms with Gasteiger partial charge in [0.2, 0.25) is 0 Å². The quantitative estimate of drug-likeness (QED) is 0.0272. The predicted molar refractivity (Wildman–Crippen MR) is 433 cm³/mol. The molecule has 8 saturated carbocycles. The van der Waals surface area contributed by atoms with Crippen molar-refractivity contribution < 1.29 is 138 Å². The van der Waals surface area contributed by atoms with Crippen molar-refractivity contribution in [2.75, 3.05) is 28.4 Å². The Hall–Kier alpha value is -3.85. The molecule has 16 aliphatic rings. The number of nitrogens with zero attached hydrogens (tertiary/aromatic N) is 4. The number of halogens is 4. The summed E-state index contributed by atoms with van der Waals surface area (Å²) in [5.41, 5.74) is 11.1. The number of nitrogens with two attached hydrogens (primary N) is 2. The Morgan fingerprint density at radius 3 is 1.19 bits per heavy atom. The van der Waals surface area contributed by atoms with E-state index in [1.165, 1.54) is 21.6 Å². The fraction of sp³-hybridized carbons (Fsp3) is 0.593. The largest absolute Gasteiger partial charge is 1.00 e. The number of hydrogen-bond acceptors (Lipinski definition) is 20. The average Bonchev–Trinajstić information content (AvgIpc) is 1.45. The monoisotopic (exact) mass is 1870 g/mol. The Bertz CT molecular complexity index is 4260. The van der Waals surface area contributed by atoms with Crippen LogP contribution in [0.25, 0.3) is 0 Å². The normalized spacial score (nSPS) is 32.9. The van der Waals surface area contributed by atoms with E-state index in [1.807, 2.05) is 29.2 Å². The third kappa shape index (κ3) is 16.0. The molecule has 8 spiro atoms. The molecule has 26 nitrogen and oxygen atoms in total. The van der Waals surface area contributed by atoms with Crippen LogP contribution in [0.5, 0.6) is 0 Å². The summed E-state index contributed by atoms with van der Waals surface area (Å²) < 4.78 is 30.7. The number of rotatable bonds is 10. The second-order valence-electron chi connectivity index (χ2n) is 33.3. The van der Waals surface area contributed by atoms with E-state index in [9.17, 15) is 28.8 Å². The molecule has 10 N–H and O–H groups in total. The molecule has 609 valence electrons. The number of fused-ring (bicyclic) bond motifs is 12. The van der Waals surface area contributed by atoms with E-state index in [0.29, 0.717) is 29.3 Å². The zero-order chi connectivity index (χ0) is 80.4. The number of methoxy groups -OCH3 is 4. The summed E-state index contributed by atoms with van der Waals surface area (Å²) in [6.07, 6.45) is 28.2. The van der Waals surface area contributed by atoms with E-state index in [2.05, 4.69) is 149 Å². The predicted octanol–water partition coefficient (Wildman–Crippen LogP) is 4.44. The minimum Gasteiger partial charge on any atom is -1.00 e. The number of hydrogen-bond donors (Lipinski definition) is 8. The van der Waals surface area contributed by atoms with Gasteiger partial charge in [-0.05, 0) is 285 Å². The molecular formula is C81H100BBr4N10Na2O16S. The van der Waals surface area contributed by atoms with Gasteiger partial charge in [0.05, 0.1) is 24.4 Å². The van der Waals surface area contributed by atoms with E-state index < -0.39 is 28.2 Å². The van der Waals surface area contributed by atoms with E-state index in [1.54, 1.807) is 33.3 Å². The SMILES string of the molecule is COC1CCC2(CC1)Cc1ccc(Br)cc1C21N=C(N)N(C2CC2)C1=O.COC1CCC2(CC1)Cc1ccc(Br)cc1C21NC(=O)N(C2CC2)C1=O.COC1CCC2(CC1)Cc1ccc(Br)cc1C21NC(=O)NC1=O.COC1CCC2(CC1)Cc1ccc(Br)cc1C21NC(=S)N(C2CC2)C1=O.NO.O=CO[O-].O[B]OC1CC1.[H-].[Na+].[Na+]. The van der Waals surface area contributed by atoms with Crippen LogP contribution in [0.4, 0.5) is 9.59 Å². The number of aliphatic imine (C=N–C) groups is 1. The molecule has 4 aliphatic heterocycles. The van der Waals surface area contributed by atoms with Crippen LogP contribution in [0.15, 0.2) is 95.7 Å². The smallest absolute Gasteiger partial charge is 1.00 e. The van der Waals surface area contributed by atoms with Gasteiger partial charge in [0, 0.05) is 92.2 Å². The molecule has 20 rings (SSSR count). The molecule has 4 aromatic carbocycles. The number of benzene rings is 4. The molecule has 0 aromatic heterocycles. The van der Waals surface area contributed by atoms with Crippen molar-refractivity contribution >= 4 is 137 Å². The van der Waals surface area contributed by atoms with Crippen LogP contribution in [-0.2, 0) is 100 Å². The molecule has 11 fully saturated rings. The summed E-state index contributed by atoms with van der Waals surface area (Å²) in [7, 11) is 7.84. The summed E-state index contributed by atoms with van der Waals surface area (Å²) >= 11 is 19.9. The van der Waals surface area contributed by atoms with Gasteiger partial charge >= 0.3 is 78.9 Å². The number of guanidine groups is 1. The number of imide groups is 2. The molecular weight excluding hydrogens is 1780 g/mol. The molecule has 3 saturated heterocycles. The number of nitrogens with one attached hydrogen (secondary N) is 4. The number of thiocarbonyl (C=S) groups is 1. The van der Waals surface area contributed by atoms with Crippen LogP contribution in [0.3, 0.4) is 0 Å². The Labute approximate surface area is 756 Å². The zero-order valence-electron chi connectivity index (χ0n) is 67.0. The number of carbonyl (C=O) groups is 7. The van der Waals surface area contributed by atoms with Crippen molar-refractivity contribution in [3.8, 4) is 0 Å². The van der Waals surface area contributed by atoms with Gasteiger partial charge in [0.15, 0.2) is 33.2 Å². The van der Waals surface area contributed by atoms with Crippen LogP contribution < -0.4 is 97.3 Å². The Morgan fingerprint density at radius 1 is 0.496 bits per heavy atom. The fourth-order valence-electron chi connectivity index (χ4n) is 21.6. The minimum absolute atomic E-state index is 0. The molecule has 4 aromatic rings. The van der Waals surface area contributed by atoms with E-state index in [-0.39, 0.29) is 149 Å².